The van der Waals surface area contributed by atoms with Gasteiger partial charge in [0.1, 0.15) is 5.75 Å². The van der Waals surface area contributed by atoms with E-state index in [9.17, 15) is 14.9 Å². The van der Waals surface area contributed by atoms with Gasteiger partial charge in [-0.15, -0.1) is 0 Å². The molecular formula is C20H16N4O4. The highest BCUT2D eigenvalue weighted by molar-refractivity contribution is 6.04. The zero-order valence-electron chi connectivity index (χ0n) is 14.7. The van der Waals surface area contributed by atoms with E-state index in [-0.39, 0.29) is 11.6 Å². The number of pyridine rings is 1. The van der Waals surface area contributed by atoms with E-state index in [0.717, 1.165) is 18.7 Å². The van der Waals surface area contributed by atoms with Crippen LogP contribution in [0.15, 0.2) is 60.8 Å². The average molecular weight is 376 g/mol. The Hall–Kier alpha value is -3.94. The number of benzene rings is 2. The van der Waals surface area contributed by atoms with Crippen LogP contribution in [0.1, 0.15) is 15.9 Å². The van der Waals surface area contributed by atoms with Crippen LogP contribution in [-0.2, 0) is 6.42 Å². The largest absolute Gasteiger partial charge is 0.439 e. The Balaban J connectivity index is 1.40. The molecule has 1 aliphatic heterocycles. The summed E-state index contributed by atoms with van der Waals surface area (Å²) in [6.07, 6.45) is 2.50. The number of carbonyl (C=O) groups excluding carboxylic acids is 1. The molecule has 140 valence electrons. The first-order chi connectivity index (χ1) is 13.6. The van der Waals surface area contributed by atoms with Crippen molar-refractivity contribution in [3.63, 3.8) is 0 Å². The second-order valence-electron chi connectivity index (χ2n) is 6.24. The lowest BCUT2D eigenvalue weighted by Crippen LogP contribution is -2.12. The van der Waals surface area contributed by atoms with Crippen molar-refractivity contribution in [1.82, 2.24) is 4.98 Å². The SMILES string of the molecule is O=C(Nc1ccc(Oc2ccc3c(c2)NCC3)nc1)c1ccc([N+](=O)[O-])cc1. The maximum absolute atomic E-state index is 12.2. The molecule has 8 nitrogen and oxygen atoms in total. The molecule has 8 heteroatoms. The van der Waals surface area contributed by atoms with Crippen molar-refractivity contribution >= 4 is 23.0 Å². The third kappa shape index (κ3) is 3.75. The molecule has 3 aromatic rings. The molecular weight excluding hydrogens is 360 g/mol. The van der Waals surface area contributed by atoms with Crippen LogP contribution in [0.25, 0.3) is 0 Å². The van der Waals surface area contributed by atoms with Crippen molar-refractivity contribution in [2.75, 3.05) is 17.2 Å². The van der Waals surface area contributed by atoms with Gasteiger partial charge in [0.15, 0.2) is 0 Å². The van der Waals surface area contributed by atoms with Gasteiger partial charge in [-0.25, -0.2) is 4.98 Å². The summed E-state index contributed by atoms with van der Waals surface area (Å²) in [5.41, 5.74) is 3.08. The van der Waals surface area contributed by atoms with Crippen molar-refractivity contribution in [1.29, 1.82) is 0 Å². The number of fused-ring (bicyclic) bond motifs is 1. The predicted molar refractivity (Wildman–Crippen MR) is 104 cm³/mol. The minimum atomic E-state index is -0.513. The number of non-ortho nitro benzene ring substituents is 1. The lowest BCUT2D eigenvalue weighted by atomic mass is 10.1. The summed E-state index contributed by atoms with van der Waals surface area (Å²) in [6, 6.07) is 14.6. The van der Waals surface area contributed by atoms with Crippen molar-refractivity contribution in [2.45, 2.75) is 6.42 Å². The van der Waals surface area contributed by atoms with E-state index in [1.54, 1.807) is 12.1 Å². The maximum atomic E-state index is 12.2. The van der Waals surface area contributed by atoms with Gasteiger partial charge in [0.05, 0.1) is 16.8 Å². The average Bonchev–Trinajstić information content (AvgIpc) is 3.17. The van der Waals surface area contributed by atoms with Gasteiger partial charge >= 0.3 is 0 Å². The van der Waals surface area contributed by atoms with Gasteiger partial charge in [0.25, 0.3) is 11.6 Å². The topological polar surface area (TPSA) is 106 Å². The number of anilines is 2. The number of rotatable bonds is 5. The van der Waals surface area contributed by atoms with Gasteiger partial charge in [0.2, 0.25) is 5.88 Å². The number of hydrogen-bond acceptors (Lipinski definition) is 6. The van der Waals surface area contributed by atoms with Crippen LogP contribution >= 0.6 is 0 Å². The first-order valence-electron chi connectivity index (χ1n) is 8.65. The number of nitrogens with zero attached hydrogens (tertiary/aromatic N) is 2. The first kappa shape index (κ1) is 17.5. The van der Waals surface area contributed by atoms with Crippen molar-refractivity contribution in [3.8, 4) is 11.6 Å². The molecule has 4 rings (SSSR count). The molecule has 1 amide bonds. The summed E-state index contributed by atoms with van der Waals surface area (Å²) in [4.78, 5) is 26.6. The van der Waals surface area contributed by atoms with Gasteiger partial charge < -0.3 is 15.4 Å². The smallest absolute Gasteiger partial charge is 0.269 e. The Morgan fingerprint density at radius 2 is 1.96 bits per heavy atom. The fourth-order valence-electron chi connectivity index (χ4n) is 2.91. The van der Waals surface area contributed by atoms with Crippen LogP contribution in [0.5, 0.6) is 11.6 Å². The second kappa shape index (κ2) is 7.36. The van der Waals surface area contributed by atoms with E-state index in [2.05, 4.69) is 15.6 Å². The zero-order chi connectivity index (χ0) is 19.5. The summed E-state index contributed by atoms with van der Waals surface area (Å²) in [6.45, 7) is 0.931. The van der Waals surface area contributed by atoms with E-state index < -0.39 is 4.92 Å². The van der Waals surface area contributed by atoms with Crippen LogP contribution in [0.4, 0.5) is 17.1 Å². The number of ether oxygens (including phenoxy) is 1. The van der Waals surface area contributed by atoms with Crippen molar-refractivity contribution in [2.24, 2.45) is 0 Å². The molecule has 0 unspecified atom stereocenters. The van der Waals surface area contributed by atoms with E-state index in [0.29, 0.717) is 22.9 Å². The predicted octanol–water partition coefficient (Wildman–Crippen LogP) is 4.00. The number of nitrogens with one attached hydrogen (secondary N) is 2. The Morgan fingerprint density at radius 1 is 1.14 bits per heavy atom. The molecule has 0 spiro atoms. The standard InChI is InChI=1S/C20H16N4O4/c25-20(14-1-5-16(6-2-14)24(26)27)23-15-4-8-19(22-12-15)28-17-7-3-13-9-10-21-18(13)11-17/h1-8,11-12,21H,9-10H2,(H,23,25). The highest BCUT2D eigenvalue weighted by atomic mass is 16.6. The van der Waals surface area contributed by atoms with Gasteiger partial charge in [-0.05, 0) is 36.2 Å². The molecule has 2 N–H and O–H groups in total. The quantitative estimate of drug-likeness (QED) is 0.515. The number of carbonyl (C=O) groups is 1. The van der Waals surface area contributed by atoms with Gasteiger partial charge in [0, 0.05) is 42.1 Å². The zero-order valence-corrected chi connectivity index (χ0v) is 14.7. The minimum Gasteiger partial charge on any atom is -0.439 e. The maximum Gasteiger partial charge on any atom is 0.269 e. The third-order valence-corrected chi connectivity index (χ3v) is 4.35. The van der Waals surface area contributed by atoms with Gasteiger partial charge in [-0.3, -0.25) is 14.9 Å². The fourth-order valence-corrected chi connectivity index (χ4v) is 2.91. The molecule has 0 bridgehead atoms. The van der Waals surface area contributed by atoms with Crippen LogP contribution in [0, 0.1) is 10.1 Å². The molecule has 0 saturated carbocycles. The molecule has 2 heterocycles. The molecule has 0 radical (unpaired) electrons. The van der Waals surface area contributed by atoms with Crippen molar-refractivity contribution in [3.05, 3.63) is 82.0 Å². The van der Waals surface area contributed by atoms with Crippen LogP contribution in [0.2, 0.25) is 0 Å². The van der Waals surface area contributed by atoms with E-state index >= 15 is 0 Å². The lowest BCUT2D eigenvalue weighted by molar-refractivity contribution is -0.384. The van der Waals surface area contributed by atoms with Crippen LogP contribution < -0.4 is 15.4 Å². The number of amides is 1. The third-order valence-electron chi connectivity index (χ3n) is 4.35. The molecule has 0 atom stereocenters. The molecule has 1 aromatic heterocycles. The van der Waals surface area contributed by atoms with Gasteiger partial charge in [-0.1, -0.05) is 6.07 Å². The molecule has 0 saturated heterocycles. The lowest BCUT2D eigenvalue weighted by Gasteiger charge is -2.08. The Bertz CT molecular complexity index is 1030. The van der Waals surface area contributed by atoms with Gasteiger partial charge in [-0.2, -0.15) is 0 Å². The Kier molecular flexibility index (Phi) is 4.59. The molecule has 0 fully saturated rings. The number of nitro benzene ring substituents is 1. The molecule has 28 heavy (non-hydrogen) atoms. The normalized spacial score (nSPS) is 12.0. The molecule has 0 aliphatic carbocycles. The molecule has 1 aliphatic rings. The van der Waals surface area contributed by atoms with Crippen molar-refractivity contribution < 1.29 is 14.5 Å². The van der Waals surface area contributed by atoms with Crippen LogP contribution in [0.3, 0.4) is 0 Å². The summed E-state index contributed by atoms with van der Waals surface area (Å²) >= 11 is 0. The highest BCUT2D eigenvalue weighted by Gasteiger charge is 2.12. The molecule has 2 aromatic carbocycles. The van der Waals surface area contributed by atoms with E-state index in [1.807, 2.05) is 18.2 Å². The highest BCUT2D eigenvalue weighted by Crippen LogP contribution is 2.29. The summed E-state index contributed by atoms with van der Waals surface area (Å²) in [5, 5.41) is 16.7. The first-order valence-corrected chi connectivity index (χ1v) is 8.65. The number of nitro groups is 1. The number of hydrogen-bond donors (Lipinski definition) is 2. The second-order valence-corrected chi connectivity index (χ2v) is 6.24. The summed E-state index contributed by atoms with van der Waals surface area (Å²) < 4.78 is 5.76. The monoisotopic (exact) mass is 376 g/mol. The minimum absolute atomic E-state index is 0.0681. The summed E-state index contributed by atoms with van der Waals surface area (Å²) in [5.74, 6) is 0.713. The van der Waals surface area contributed by atoms with Crippen LogP contribution in [-0.4, -0.2) is 22.4 Å². The fraction of sp³-hybridized carbons (Fsp3) is 0.100. The Labute approximate surface area is 160 Å². The van der Waals surface area contributed by atoms with E-state index in [1.165, 1.54) is 36.0 Å². The number of aromatic nitrogens is 1. The Morgan fingerprint density at radius 3 is 2.68 bits per heavy atom. The van der Waals surface area contributed by atoms with E-state index in [4.69, 9.17) is 4.74 Å². The summed E-state index contributed by atoms with van der Waals surface area (Å²) in [7, 11) is 0.